The number of piperazine rings is 1. The monoisotopic (exact) mass is 532 g/mol. The summed E-state index contributed by atoms with van der Waals surface area (Å²) in [4.78, 5) is 9.71. The number of methoxy groups -OCH3 is 1. The van der Waals surface area contributed by atoms with E-state index in [-0.39, 0.29) is 18.4 Å². The van der Waals surface area contributed by atoms with E-state index < -0.39 is 0 Å². The SMILES string of the molecule is COc1ccccc1C(c1nnnn1Cc1ccccc1)N1CCN(c2nc3ccccc3s2)CC1.[Cl-]. The molecule has 2 aromatic heterocycles. The zero-order chi connectivity index (χ0) is 24.3. The molecular weight excluding hydrogens is 506 g/mol. The van der Waals surface area contributed by atoms with Crippen LogP contribution in [0, 0.1) is 0 Å². The lowest BCUT2D eigenvalue weighted by atomic mass is 10.0. The fourth-order valence-electron chi connectivity index (χ4n) is 4.83. The average molecular weight is 533 g/mol. The Labute approximate surface area is 225 Å². The lowest BCUT2D eigenvalue weighted by Gasteiger charge is -2.39. The molecule has 0 spiro atoms. The van der Waals surface area contributed by atoms with Gasteiger partial charge in [-0.2, -0.15) is 0 Å². The Morgan fingerprint density at radius 1 is 0.892 bits per heavy atom. The van der Waals surface area contributed by atoms with Crippen LogP contribution in [0.4, 0.5) is 5.13 Å². The molecule has 3 aromatic carbocycles. The van der Waals surface area contributed by atoms with Gasteiger partial charge in [0, 0.05) is 31.7 Å². The van der Waals surface area contributed by atoms with E-state index in [2.05, 4.69) is 61.7 Å². The third-order valence-corrected chi connectivity index (χ3v) is 7.74. The van der Waals surface area contributed by atoms with E-state index >= 15 is 0 Å². The maximum absolute atomic E-state index is 5.77. The van der Waals surface area contributed by atoms with Crippen LogP contribution in [0.1, 0.15) is 23.0 Å². The third kappa shape index (κ3) is 5.16. The summed E-state index contributed by atoms with van der Waals surface area (Å²) in [6.07, 6.45) is 0. The number of nitrogens with zero attached hydrogens (tertiary/aromatic N) is 7. The zero-order valence-electron chi connectivity index (χ0n) is 20.4. The van der Waals surface area contributed by atoms with Crippen LogP contribution in [-0.2, 0) is 6.54 Å². The molecule has 6 rings (SSSR count). The minimum absolute atomic E-state index is 0. The molecule has 1 atom stereocenters. The standard InChI is InChI=1S/C27H27N7OS.ClH/c1-35-23-13-7-5-11-21(23)25(26-29-30-31-34(26)19-20-9-3-2-4-10-20)32-15-17-33(18-16-32)27-28-22-12-6-8-14-24(22)36-27;/h2-14,25H,15-19H2,1H3;1H/p-1. The van der Waals surface area contributed by atoms with E-state index in [0.717, 1.165) is 59.5 Å². The van der Waals surface area contributed by atoms with Gasteiger partial charge in [0.1, 0.15) is 11.8 Å². The summed E-state index contributed by atoms with van der Waals surface area (Å²) in [5.41, 5.74) is 3.29. The zero-order valence-corrected chi connectivity index (χ0v) is 22.0. The van der Waals surface area contributed by atoms with Gasteiger partial charge in [0.2, 0.25) is 0 Å². The molecule has 10 heteroatoms. The van der Waals surface area contributed by atoms with Gasteiger partial charge < -0.3 is 22.0 Å². The van der Waals surface area contributed by atoms with Crippen molar-refractivity contribution in [1.82, 2.24) is 30.1 Å². The number of fused-ring (bicyclic) bond motifs is 1. The minimum Gasteiger partial charge on any atom is -1.00 e. The first-order chi connectivity index (χ1) is 17.8. The smallest absolute Gasteiger partial charge is 0.186 e. The van der Waals surface area contributed by atoms with Crippen LogP contribution in [-0.4, -0.2) is 63.4 Å². The highest BCUT2D eigenvalue weighted by molar-refractivity contribution is 7.22. The summed E-state index contributed by atoms with van der Waals surface area (Å²) in [6.45, 7) is 4.09. The molecule has 0 N–H and O–H groups in total. The second-order valence-electron chi connectivity index (χ2n) is 8.81. The minimum atomic E-state index is -0.127. The summed E-state index contributed by atoms with van der Waals surface area (Å²) >= 11 is 1.76. The summed E-state index contributed by atoms with van der Waals surface area (Å²) in [6, 6.07) is 26.7. The largest absolute Gasteiger partial charge is 1.00 e. The number of tetrazole rings is 1. The molecule has 0 amide bonds. The number of anilines is 1. The third-order valence-electron chi connectivity index (χ3n) is 6.65. The lowest BCUT2D eigenvalue weighted by Crippen LogP contribution is -3.00. The molecule has 1 aliphatic heterocycles. The summed E-state index contributed by atoms with van der Waals surface area (Å²) in [5, 5.41) is 14.1. The van der Waals surface area contributed by atoms with Gasteiger partial charge in [0.05, 0.1) is 23.9 Å². The van der Waals surface area contributed by atoms with Crippen LogP contribution in [0.5, 0.6) is 5.75 Å². The molecule has 0 saturated carbocycles. The summed E-state index contributed by atoms with van der Waals surface area (Å²) < 4.78 is 8.91. The molecule has 0 bridgehead atoms. The summed E-state index contributed by atoms with van der Waals surface area (Å²) in [7, 11) is 1.72. The molecule has 37 heavy (non-hydrogen) atoms. The van der Waals surface area contributed by atoms with E-state index in [9.17, 15) is 0 Å². The maximum atomic E-state index is 5.77. The maximum Gasteiger partial charge on any atom is 0.186 e. The lowest BCUT2D eigenvalue weighted by molar-refractivity contribution is -0.00000754. The van der Waals surface area contributed by atoms with Gasteiger partial charge in [-0.05, 0) is 34.2 Å². The molecule has 1 unspecified atom stereocenters. The van der Waals surface area contributed by atoms with E-state index in [1.165, 1.54) is 4.70 Å². The van der Waals surface area contributed by atoms with Crippen LogP contribution in [0.3, 0.4) is 0 Å². The van der Waals surface area contributed by atoms with Gasteiger partial charge in [-0.1, -0.05) is 72.0 Å². The normalized spacial score (nSPS) is 14.9. The Kier molecular flexibility index (Phi) is 7.64. The number of para-hydroxylation sites is 2. The Balaban J connectivity index is 0.00000280. The Morgan fingerprint density at radius 3 is 2.41 bits per heavy atom. The van der Waals surface area contributed by atoms with Crippen molar-refractivity contribution in [2.24, 2.45) is 0 Å². The molecule has 8 nitrogen and oxygen atoms in total. The number of hydrogen-bond donors (Lipinski definition) is 0. The van der Waals surface area contributed by atoms with Crippen LogP contribution in [0.2, 0.25) is 0 Å². The second-order valence-corrected chi connectivity index (χ2v) is 9.82. The highest BCUT2D eigenvalue weighted by Gasteiger charge is 2.33. The van der Waals surface area contributed by atoms with E-state index in [4.69, 9.17) is 9.72 Å². The second kappa shape index (κ2) is 11.2. The average Bonchev–Trinajstić information content (AvgIpc) is 3.57. The Bertz CT molecular complexity index is 1420. The van der Waals surface area contributed by atoms with Gasteiger partial charge in [-0.15, -0.1) is 5.10 Å². The van der Waals surface area contributed by atoms with Gasteiger partial charge >= 0.3 is 0 Å². The molecule has 190 valence electrons. The van der Waals surface area contributed by atoms with Crippen molar-refractivity contribution in [1.29, 1.82) is 0 Å². The van der Waals surface area contributed by atoms with Crippen molar-refractivity contribution >= 4 is 26.7 Å². The fourth-order valence-corrected chi connectivity index (χ4v) is 5.85. The van der Waals surface area contributed by atoms with Crippen molar-refractivity contribution in [2.75, 3.05) is 38.2 Å². The van der Waals surface area contributed by atoms with Gasteiger partial charge in [-0.3, -0.25) is 4.90 Å². The van der Waals surface area contributed by atoms with Gasteiger partial charge in [-0.25, -0.2) is 9.67 Å². The molecule has 1 aliphatic rings. The fraction of sp³-hybridized carbons (Fsp3) is 0.259. The summed E-state index contributed by atoms with van der Waals surface area (Å²) in [5.74, 6) is 1.65. The highest BCUT2D eigenvalue weighted by Crippen LogP contribution is 2.35. The first kappa shape index (κ1) is 25.1. The highest BCUT2D eigenvalue weighted by atomic mass is 35.5. The van der Waals surface area contributed by atoms with E-state index in [1.807, 2.05) is 47.1 Å². The number of ether oxygens (including phenoxy) is 1. The van der Waals surface area contributed by atoms with Crippen LogP contribution < -0.4 is 22.0 Å². The van der Waals surface area contributed by atoms with Crippen molar-refractivity contribution < 1.29 is 17.1 Å². The van der Waals surface area contributed by atoms with E-state index in [0.29, 0.717) is 6.54 Å². The van der Waals surface area contributed by atoms with Crippen molar-refractivity contribution in [3.63, 3.8) is 0 Å². The number of aromatic nitrogens is 5. The number of hydrogen-bond acceptors (Lipinski definition) is 8. The molecule has 1 fully saturated rings. The van der Waals surface area contributed by atoms with Gasteiger partial charge in [0.25, 0.3) is 0 Å². The molecule has 1 saturated heterocycles. The van der Waals surface area contributed by atoms with Crippen LogP contribution >= 0.6 is 11.3 Å². The Hall–Kier alpha value is -3.53. The number of rotatable bonds is 7. The molecule has 3 heterocycles. The van der Waals surface area contributed by atoms with Crippen molar-refractivity contribution in [3.05, 3.63) is 95.8 Å². The molecule has 5 aromatic rings. The number of benzene rings is 3. The Morgan fingerprint density at radius 2 is 1.62 bits per heavy atom. The predicted octanol–water partition coefficient (Wildman–Crippen LogP) is 1.26. The topological polar surface area (TPSA) is 72.2 Å². The molecule has 0 aliphatic carbocycles. The van der Waals surface area contributed by atoms with Gasteiger partial charge in [0.15, 0.2) is 11.0 Å². The number of thiazole rings is 1. The first-order valence-corrected chi connectivity index (χ1v) is 12.9. The first-order valence-electron chi connectivity index (χ1n) is 12.1. The predicted molar refractivity (Wildman–Crippen MR) is 142 cm³/mol. The van der Waals surface area contributed by atoms with Crippen LogP contribution in [0.15, 0.2) is 78.9 Å². The number of halogens is 1. The van der Waals surface area contributed by atoms with Crippen molar-refractivity contribution in [3.8, 4) is 5.75 Å². The quantitative estimate of drug-likeness (QED) is 0.312. The van der Waals surface area contributed by atoms with Crippen molar-refractivity contribution in [2.45, 2.75) is 12.6 Å². The van der Waals surface area contributed by atoms with Crippen LogP contribution in [0.25, 0.3) is 10.2 Å². The molecule has 0 radical (unpaired) electrons. The molecular formula is C27H27ClN7OS-. The van der Waals surface area contributed by atoms with E-state index in [1.54, 1.807) is 18.4 Å².